The number of piperidine rings is 2. The van der Waals surface area contributed by atoms with Crippen LogP contribution in [0.25, 0.3) is 10.6 Å². The number of carbonyl (C=O) groups excluding carboxylic acids is 1. The first kappa shape index (κ1) is 21.4. The highest BCUT2D eigenvalue weighted by Crippen LogP contribution is 2.35. The predicted molar refractivity (Wildman–Crippen MR) is 123 cm³/mol. The minimum atomic E-state index is -0.222. The van der Waals surface area contributed by atoms with Crippen molar-refractivity contribution in [3.8, 4) is 10.6 Å². The van der Waals surface area contributed by atoms with Crippen molar-refractivity contribution in [2.24, 2.45) is 5.92 Å². The van der Waals surface area contributed by atoms with Crippen molar-refractivity contribution in [2.75, 3.05) is 43.0 Å². The molecule has 2 fully saturated rings. The number of hydrogen-bond donors (Lipinski definition) is 4. The van der Waals surface area contributed by atoms with E-state index in [-0.39, 0.29) is 18.7 Å². The number of urea groups is 1. The fourth-order valence-corrected chi connectivity index (χ4v) is 5.08. The van der Waals surface area contributed by atoms with Crippen LogP contribution < -0.4 is 20.9 Å². The van der Waals surface area contributed by atoms with E-state index in [1.54, 1.807) is 0 Å². The van der Waals surface area contributed by atoms with Crippen LogP contribution in [0.5, 0.6) is 0 Å². The lowest BCUT2D eigenvalue weighted by molar-refractivity contribution is 0.203. The third-order valence-corrected chi connectivity index (χ3v) is 6.98. The fourth-order valence-electron chi connectivity index (χ4n) is 4.03. The number of nitrogens with zero attached hydrogens (tertiary/aromatic N) is 2. The molecule has 4 rings (SSSR count). The van der Waals surface area contributed by atoms with Gasteiger partial charge >= 0.3 is 6.03 Å². The molecule has 7 nitrogen and oxygen atoms in total. The summed E-state index contributed by atoms with van der Waals surface area (Å²) in [5, 5.41) is 21.8. The standard InChI is InChI=1S/C21H28ClN5O2S/c22-17-10-15(3-4-18(17)27-8-5-14(12-28)6-9-27)20-25-19(13-30-20)26-21(29)24-16-2-1-7-23-11-16/h3-4,10,13-14,16,23,28H,1-2,5-9,11-12H2,(H2,24,26,29)/t16-/m0/s1. The van der Waals surface area contributed by atoms with Crippen molar-refractivity contribution in [3.63, 3.8) is 0 Å². The Kier molecular flexibility index (Phi) is 7.09. The van der Waals surface area contributed by atoms with Gasteiger partial charge in [-0.1, -0.05) is 11.6 Å². The molecule has 2 amide bonds. The number of carbonyl (C=O) groups is 1. The Morgan fingerprint density at radius 1 is 1.33 bits per heavy atom. The highest BCUT2D eigenvalue weighted by molar-refractivity contribution is 7.13. The van der Waals surface area contributed by atoms with Crippen LogP contribution in [-0.4, -0.2) is 54.9 Å². The van der Waals surface area contributed by atoms with Crippen LogP contribution in [-0.2, 0) is 0 Å². The second kappa shape index (κ2) is 9.96. The summed E-state index contributed by atoms with van der Waals surface area (Å²) in [6.07, 6.45) is 4.03. The number of aliphatic hydroxyl groups is 1. The van der Waals surface area contributed by atoms with E-state index in [2.05, 4.69) is 25.8 Å². The number of aromatic nitrogens is 1. The Hall–Kier alpha value is -1.87. The molecule has 0 aliphatic carbocycles. The van der Waals surface area contributed by atoms with Crippen LogP contribution in [0, 0.1) is 5.92 Å². The average molecular weight is 450 g/mol. The van der Waals surface area contributed by atoms with Gasteiger partial charge in [0.05, 0.1) is 10.7 Å². The first-order valence-electron chi connectivity index (χ1n) is 10.5. The number of hydrogen-bond acceptors (Lipinski definition) is 6. The Morgan fingerprint density at radius 2 is 2.17 bits per heavy atom. The number of thiazole rings is 1. The van der Waals surface area contributed by atoms with E-state index in [1.807, 2.05) is 23.6 Å². The van der Waals surface area contributed by atoms with Crippen LogP contribution in [0.3, 0.4) is 0 Å². The summed E-state index contributed by atoms with van der Waals surface area (Å²) in [4.78, 5) is 19.0. The fraction of sp³-hybridized carbons (Fsp3) is 0.524. The molecule has 1 atom stereocenters. The number of benzene rings is 1. The van der Waals surface area contributed by atoms with Gasteiger partial charge in [0.1, 0.15) is 10.8 Å². The number of anilines is 2. The molecule has 2 aromatic rings. The van der Waals surface area contributed by atoms with Gasteiger partial charge in [-0.25, -0.2) is 9.78 Å². The minimum absolute atomic E-state index is 0.158. The van der Waals surface area contributed by atoms with Crippen molar-refractivity contribution in [2.45, 2.75) is 31.7 Å². The van der Waals surface area contributed by atoms with Crippen molar-refractivity contribution in [3.05, 3.63) is 28.6 Å². The summed E-state index contributed by atoms with van der Waals surface area (Å²) in [5.74, 6) is 0.939. The average Bonchev–Trinajstić information content (AvgIpc) is 3.23. The Labute approximate surface area is 185 Å². The molecule has 0 spiro atoms. The van der Waals surface area contributed by atoms with Gasteiger partial charge in [0.25, 0.3) is 0 Å². The SMILES string of the molecule is O=C(Nc1csc(-c2ccc(N3CCC(CO)CC3)c(Cl)c2)n1)N[C@H]1CCCNC1. The maximum atomic E-state index is 12.2. The lowest BCUT2D eigenvalue weighted by Crippen LogP contribution is -2.47. The molecular weight excluding hydrogens is 422 g/mol. The Bertz CT molecular complexity index is 863. The first-order chi connectivity index (χ1) is 14.6. The van der Waals surface area contributed by atoms with Gasteiger partial charge in [-0.3, -0.25) is 5.32 Å². The molecule has 4 N–H and O–H groups in total. The van der Waals surface area contributed by atoms with Crippen molar-refractivity contribution in [1.82, 2.24) is 15.6 Å². The monoisotopic (exact) mass is 449 g/mol. The smallest absolute Gasteiger partial charge is 0.320 e. The number of halogens is 1. The van der Waals surface area contributed by atoms with Gasteiger partial charge < -0.3 is 20.6 Å². The van der Waals surface area contributed by atoms with Gasteiger partial charge in [0.15, 0.2) is 0 Å². The summed E-state index contributed by atoms with van der Waals surface area (Å²) in [6, 6.07) is 5.93. The summed E-state index contributed by atoms with van der Waals surface area (Å²) in [7, 11) is 0. The van der Waals surface area contributed by atoms with Crippen LogP contribution >= 0.6 is 22.9 Å². The number of rotatable bonds is 5. The molecule has 3 heterocycles. The Morgan fingerprint density at radius 3 is 2.87 bits per heavy atom. The van der Waals surface area contributed by atoms with Gasteiger partial charge in [-0.05, 0) is 56.3 Å². The molecular formula is C21H28ClN5O2S. The molecule has 0 unspecified atom stereocenters. The van der Waals surface area contributed by atoms with Crippen molar-refractivity contribution in [1.29, 1.82) is 0 Å². The van der Waals surface area contributed by atoms with E-state index in [0.29, 0.717) is 16.8 Å². The van der Waals surface area contributed by atoms with E-state index in [4.69, 9.17) is 11.6 Å². The van der Waals surface area contributed by atoms with E-state index >= 15 is 0 Å². The van der Waals surface area contributed by atoms with Gasteiger partial charge in [0.2, 0.25) is 0 Å². The summed E-state index contributed by atoms with van der Waals surface area (Å²) >= 11 is 8.06. The molecule has 162 valence electrons. The third-order valence-electron chi connectivity index (χ3n) is 5.79. The topological polar surface area (TPSA) is 89.5 Å². The molecule has 1 aromatic heterocycles. The predicted octanol–water partition coefficient (Wildman–Crippen LogP) is 3.55. The maximum absolute atomic E-state index is 12.2. The van der Waals surface area contributed by atoms with E-state index in [0.717, 1.165) is 68.1 Å². The highest BCUT2D eigenvalue weighted by Gasteiger charge is 2.21. The third kappa shape index (κ3) is 5.24. The number of aliphatic hydroxyl groups excluding tert-OH is 1. The second-order valence-corrected chi connectivity index (χ2v) is 9.22. The van der Waals surface area contributed by atoms with E-state index < -0.39 is 0 Å². The number of amides is 2. The summed E-state index contributed by atoms with van der Waals surface area (Å²) < 4.78 is 0. The second-order valence-electron chi connectivity index (χ2n) is 7.96. The van der Waals surface area contributed by atoms with Crippen LogP contribution in [0.15, 0.2) is 23.6 Å². The molecule has 2 aliphatic rings. The highest BCUT2D eigenvalue weighted by atomic mass is 35.5. The van der Waals surface area contributed by atoms with E-state index in [1.165, 1.54) is 11.3 Å². The van der Waals surface area contributed by atoms with Crippen molar-refractivity contribution >= 4 is 40.5 Å². The minimum Gasteiger partial charge on any atom is -0.396 e. The lowest BCUT2D eigenvalue weighted by Gasteiger charge is -2.33. The van der Waals surface area contributed by atoms with Crippen LogP contribution in [0.4, 0.5) is 16.3 Å². The van der Waals surface area contributed by atoms with Crippen LogP contribution in [0.1, 0.15) is 25.7 Å². The summed E-state index contributed by atoms with van der Waals surface area (Å²) in [5.41, 5.74) is 1.95. The molecule has 1 aromatic carbocycles. The maximum Gasteiger partial charge on any atom is 0.320 e. The van der Waals surface area contributed by atoms with Crippen molar-refractivity contribution < 1.29 is 9.90 Å². The lowest BCUT2D eigenvalue weighted by atomic mass is 9.97. The normalized spacial score (nSPS) is 20.2. The quantitative estimate of drug-likeness (QED) is 0.560. The zero-order valence-corrected chi connectivity index (χ0v) is 18.4. The molecule has 0 saturated carbocycles. The zero-order chi connectivity index (χ0) is 20.9. The summed E-state index contributed by atoms with van der Waals surface area (Å²) in [6.45, 7) is 3.88. The van der Waals surface area contributed by atoms with Gasteiger partial charge in [-0.2, -0.15) is 0 Å². The number of nitrogens with one attached hydrogen (secondary N) is 3. The Balaban J connectivity index is 1.37. The first-order valence-corrected chi connectivity index (χ1v) is 11.8. The zero-order valence-electron chi connectivity index (χ0n) is 16.9. The van der Waals surface area contributed by atoms with E-state index in [9.17, 15) is 9.90 Å². The molecule has 2 aliphatic heterocycles. The molecule has 9 heteroatoms. The van der Waals surface area contributed by atoms with Gasteiger partial charge in [0, 0.05) is 43.2 Å². The van der Waals surface area contributed by atoms with Crippen LogP contribution in [0.2, 0.25) is 5.02 Å². The largest absolute Gasteiger partial charge is 0.396 e. The molecule has 2 saturated heterocycles. The molecule has 0 bridgehead atoms. The van der Waals surface area contributed by atoms with Gasteiger partial charge in [-0.15, -0.1) is 11.3 Å². The molecule has 0 radical (unpaired) electrons. The molecule has 30 heavy (non-hydrogen) atoms.